The first kappa shape index (κ1) is 16.5. The van der Waals surface area contributed by atoms with Crippen LogP contribution < -0.4 is 4.90 Å². The number of ether oxygens (including phenoxy) is 2. The van der Waals surface area contributed by atoms with Gasteiger partial charge in [-0.1, -0.05) is 11.6 Å². The average Bonchev–Trinajstić information content (AvgIpc) is 2.95. The molecule has 1 saturated heterocycles. The van der Waals surface area contributed by atoms with E-state index in [1.165, 1.54) is 12.1 Å². The lowest BCUT2D eigenvalue weighted by molar-refractivity contribution is -0.0147. The highest BCUT2D eigenvalue weighted by atomic mass is 35.5. The van der Waals surface area contributed by atoms with Crippen molar-refractivity contribution in [2.24, 2.45) is 0 Å². The van der Waals surface area contributed by atoms with E-state index in [2.05, 4.69) is 0 Å². The molecule has 1 fully saturated rings. The fourth-order valence-corrected chi connectivity index (χ4v) is 2.48. The van der Waals surface area contributed by atoms with Crippen molar-refractivity contribution < 1.29 is 19.0 Å². The van der Waals surface area contributed by atoms with Crippen LogP contribution in [0.3, 0.4) is 0 Å². The van der Waals surface area contributed by atoms with Gasteiger partial charge in [0.25, 0.3) is 0 Å². The maximum absolute atomic E-state index is 13.1. The monoisotopic (exact) mass is 317 g/mol. The molecule has 118 valence electrons. The van der Waals surface area contributed by atoms with E-state index in [0.29, 0.717) is 13.2 Å². The van der Waals surface area contributed by atoms with Crippen molar-refractivity contribution in [1.82, 2.24) is 0 Å². The molecule has 0 aliphatic carbocycles. The molecular weight excluding hydrogens is 297 g/mol. The topological polar surface area (TPSA) is 41.9 Å². The molecule has 0 aromatic heterocycles. The van der Waals surface area contributed by atoms with Crippen LogP contribution in [0.4, 0.5) is 10.1 Å². The lowest BCUT2D eigenvalue weighted by Gasteiger charge is -2.23. The third-order valence-corrected chi connectivity index (χ3v) is 3.76. The third-order valence-electron chi connectivity index (χ3n) is 3.47. The van der Waals surface area contributed by atoms with Crippen LogP contribution in [0, 0.1) is 5.82 Å². The predicted molar refractivity (Wildman–Crippen MR) is 80.5 cm³/mol. The van der Waals surface area contributed by atoms with Crippen LogP contribution in [0.1, 0.15) is 12.8 Å². The Labute approximate surface area is 129 Å². The summed E-state index contributed by atoms with van der Waals surface area (Å²) in [5.41, 5.74) is 0.750. The molecule has 21 heavy (non-hydrogen) atoms. The van der Waals surface area contributed by atoms with E-state index in [9.17, 15) is 9.50 Å². The van der Waals surface area contributed by atoms with Gasteiger partial charge in [0.2, 0.25) is 0 Å². The lowest BCUT2D eigenvalue weighted by Crippen LogP contribution is -2.33. The molecule has 6 heteroatoms. The van der Waals surface area contributed by atoms with Gasteiger partial charge in [0.05, 0.1) is 30.4 Å². The van der Waals surface area contributed by atoms with Crippen LogP contribution in [0.5, 0.6) is 0 Å². The summed E-state index contributed by atoms with van der Waals surface area (Å²) in [6, 6.07) is 4.48. The Balaban J connectivity index is 1.73. The number of hydrogen-bond acceptors (Lipinski definition) is 4. The fraction of sp³-hybridized carbons (Fsp3) is 0.600. The van der Waals surface area contributed by atoms with Crippen molar-refractivity contribution >= 4 is 17.3 Å². The summed E-state index contributed by atoms with van der Waals surface area (Å²) in [5.74, 6) is -0.450. The van der Waals surface area contributed by atoms with E-state index in [4.69, 9.17) is 21.1 Å². The van der Waals surface area contributed by atoms with Gasteiger partial charge in [-0.15, -0.1) is 0 Å². The van der Waals surface area contributed by atoms with Crippen molar-refractivity contribution in [3.05, 3.63) is 29.0 Å². The summed E-state index contributed by atoms with van der Waals surface area (Å²) >= 11 is 5.75. The zero-order valence-corrected chi connectivity index (χ0v) is 12.9. The summed E-state index contributed by atoms with van der Waals surface area (Å²) in [4.78, 5) is 1.81. The summed E-state index contributed by atoms with van der Waals surface area (Å²) in [5, 5.41) is 10.0. The third kappa shape index (κ3) is 5.11. The zero-order valence-electron chi connectivity index (χ0n) is 12.1. The number of halogens is 2. The van der Waals surface area contributed by atoms with Crippen molar-refractivity contribution in [3.63, 3.8) is 0 Å². The minimum absolute atomic E-state index is 0.0727. The Hall–Kier alpha value is -0.880. The van der Waals surface area contributed by atoms with Gasteiger partial charge in [0.1, 0.15) is 5.82 Å². The normalized spacial score (nSPS) is 19.7. The molecule has 0 radical (unpaired) electrons. The van der Waals surface area contributed by atoms with Gasteiger partial charge >= 0.3 is 0 Å². The Morgan fingerprint density at radius 1 is 1.57 bits per heavy atom. The zero-order chi connectivity index (χ0) is 15.2. The molecule has 4 nitrogen and oxygen atoms in total. The number of rotatable bonds is 7. The number of benzene rings is 1. The Morgan fingerprint density at radius 2 is 2.38 bits per heavy atom. The van der Waals surface area contributed by atoms with Crippen LogP contribution in [0.2, 0.25) is 5.02 Å². The van der Waals surface area contributed by atoms with E-state index < -0.39 is 11.9 Å². The van der Waals surface area contributed by atoms with Gasteiger partial charge < -0.3 is 19.5 Å². The summed E-state index contributed by atoms with van der Waals surface area (Å²) in [6.07, 6.45) is 1.63. The molecule has 1 aliphatic rings. The highest BCUT2D eigenvalue weighted by Gasteiger charge is 2.17. The molecule has 1 aromatic rings. The second kappa shape index (κ2) is 7.94. The largest absolute Gasteiger partial charge is 0.389 e. The predicted octanol–water partition coefficient (Wildman–Crippen LogP) is 2.47. The minimum Gasteiger partial charge on any atom is -0.389 e. The van der Waals surface area contributed by atoms with E-state index in [1.54, 1.807) is 6.07 Å². The Kier molecular flexibility index (Phi) is 6.23. The van der Waals surface area contributed by atoms with Crippen LogP contribution in [0.25, 0.3) is 0 Å². The first-order chi connectivity index (χ1) is 10.1. The summed E-state index contributed by atoms with van der Waals surface area (Å²) in [7, 11) is 1.81. The first-order valence-corrected chi connectivity index (χ1v) is 7.47. The van der Waals surface area contributed by atoms with Crippen molar-refractivity contribution in [2.75, 3.05) is 38.3 Å². The Morgan fingerprint density at radius 3 is 3.05 bits per heavy atom. The maximum atomic E-state index is 13.1. The average molecular weight is 318 g/mol. The molecule has 2 unspecified atom stereocenters. The maximum Gasteiger partial charge on any atom is 0.141 e. The van der Waals surface area contributed by atoms with Gasteiger partial charge in [-0.3, -0.25) is 0 Å². The van der Waals surface area contributed by atoms with Crippen LogP contribution in [0.15, 0.2) is 18.2 Å². The van der Waals surface area contributed by atoms with Gasteiger partial charge in [0.15, 0.2) is 0 Å². The molecule has 0 amide bonds. The fourth-order valence-electron chi connectivity index (χ4n) is 2.31. The quantitative estimate of drug-likeness (QED) is 0.839. The van der Waals surface area contributed by atoms with Gasteiger partial charge in [-0.25, -0.2) is 4.39 Å². The molecule has 1 aromatic carbocycles. The SMILES string of the molecule is CN(CC(O)COCC1CCCO1)c1ccc(F)c(Cl)c1. The highest BCUT2D eigenvalue weighted by molar-refractivity contribution is 6.31. The molecule has 0 spiro atoms. The first-order valence-electron chi connectivity index (χ1n) is 7.10. The highest BCUT2D eigenvalue weighted by Crippen LogP contribution is 2.22. The van der Waals surface area contributed by atoms with Gasteiger partial charge in [-0.05, 0) is 31.0 Å². The van der Waals surface area contributed by atoms with Crippen molar-refractivity contribution in [1.29, 1.82) is 0 Å². The lowest BCUT2D eigenvalue weighted by atomic mass is 10.2. The standard InChI is InChI=1S/C15H21ClFNO3/c1-18(11-4-5-15(17)14(16)7-11)8-12(19)9-20-10-13-3-2-6-21-13/h4-5,7,12-13,19H,2-3,6,8-10H2,1H3. The van der Waals surface area contributed by atoms with Gasteiger partial charge in [0, 0.05) is 25.9 Å². The van der Waals surface area contributed by atoms with Crippen molar-refractivity contribution in [3.8, 4) is 0 Å². The molecule has 1 N–H and O–H groups in total. The molecule has 0 saturated carbocycles. The van der Waals surface area contributed by atoms with Crippen LogP contribution >= 0.6 is 11.6 Å². The number of likely N-dealkylation sites (N-methyl/N-ethyl adjacent to an activating group) is 1. The van der Waals surface area contributed by atoms with E-state index >= 15 is 0 Å². The van der Waals surface area contributed by atoms with E-state index in [0.717, 1.165) is 25.1 Å². The van der Waals surface area contributed by atoms with Crippen molar-refractivity contribution in [2.45, 2.75) is 25.0 Å². The van der Waals surface area contributed by atoms with Crippen LogP contribution in [-0.4, -0.2) is 50.7 Å². The number of aliphatic hydroxyl groups excluding tert-OH is 1. The number of aliphatic hydroxyl groups is 1. The smallest absolute Gasteiger partial charge is 0.141 e. The minimum atomic E-state index is -0.625. The van der Waals surface area contributed by atoms with E-state index in [-0.39, 0.29) is 17.7 Å². The second-order valence-corrected chi connectivity index (χ2v) is 5.71. The summed E-state index contributed by atoms with van der Waals surface area (Å²) in [6.45, 7) is 1.94. The van der Waals surface area contributed by atoms with Crippen LogP contribution in [-0.2, 0) is 9.47 Å². The number of anilines is 1. The Bertz CT molecular complexity index is 455. The molecule has 2 atom stereocenters. The van der Waals surface area contributed by atoms with E-state index in [1.807, 2.05) is 11.9 Å². The molecule has 2 rings (SSSR count). The number of hydrogen-bond donors (Lipinski definition) is 1. The molecule has 1 heterocycles. The second-order valence-electron chi connectivity index (χ2n) is 5.31. The van der Waals surface area contributed by atoms with Gasteiger partial charge in [-0.2, -0.15) is 0 Å². The molecule has 0 bridgehead atoms. The molecular formula is C15H21ClFNO3. The molecule has 1 aliphatic heterocycles. The summed E-state index contributed by atoms with van der Waals surface area (Å²) < 4.78 is 24.0. The number of nitrogens with zero attached hydrogens (tertiary/aromatic N) is 1.